The average Bonchev–Trinajstić information content (AvgIpc) is 3.18. The zero-order valence-electron chi connectivity index (χ0n) is 14.0. The Morgan fingerprint density at radius 3 is 2.71 bits per heavy atom. The quantitative estimate of drug-likeness (QED) is 0.576. The normalized spacial score (nSPS) is 12.4. The summed E-state index contributed by atoms with van der Waals surface area (Å²) in [6.07, 6.45) is 0. The van der Waals surface area contributed by atoms with E-state index >= 15 is 0 Å². The van der Waals surface area contributed by atoms with Gasteiger partial charge in [-0.2, -0.15) is 0 Å². The van der Waals surface area contributed by atoms with Crippen LogP contribution in [0.15, 0.2) is 15.6 Å². The van der Waals surface area contributed by atoms with Gasteiger partial charge in [-0.1, -0.05) is 0 Å². The van der Waals surface area contributed by atoms with Gasteiger partial charge in [-0.3, -0.25) is 4.79 Å². The third-order valence-corrected chi connectivity index (χ3v) is 4.36. The summed E-state index contributed by atoms with van der Waals surface area (Å²) in [5.74, 6) is 0.267. The number of ether oxygens (including phenoxy) is 1. The van der Waals surface area contributed by atoms with Gasteiger partial charge in [-0.05, 0) is 27.7 Å². The molecule has 0 saturated carbocycles. The van der Waals surface area contributed by atoms with Crippen LogP contribution in [-0.4, -0.2) is 37.9 Å². The molecule has 0 aliphatic heterocycles. The van der Waals surface area contributed by atoms with Crippen LogP contribution in [0.2, 0.25) is 0 Å². The molecule has 0 aliphatic carbocycles. The molecule has 10 heteroatoms. The number of hydrogen-bond acceptors (Lipinski definition) is 8. The van der Waals surface area contributed by atoms with E-state index in [-0.39, 0.29) is 0 Å². The third-order valence-electron chi connectivity index (χ3n) is 3.52. The standard InChI is InChI=1S/C14H17N7O2S/c1-7-6-24-13(15-7)18-17-9-10(14(3,4)12(22)23-5)20-21-11(9)16-8(2)19-21/h6H,1-5H3,(H,16,19)/b18-17+. The van der Waals surface area contributed by atoms with Crippen LogP contribution in [0.1, 0.15) is 31.1 Å². The number of hydrogen-bond donors (Lipinski definition) is 1. The minimum atomic E-state index is -0.996. The van der Waals surface area contributed by atoms with Gasteiger partial charge in [-0.15, -0.1) is 36.4 Å². The molecule has 3 aromatic heterocycles. The van der Waals surface area contributed by atoms with Gasteiger partial charge in [0.2, 0.25) is 5.13 Å². The molecular formula is C14H17N7O2S. The Bertz CT molecular complexity index is 934. The predicted molar refractivity (Wildman–Crippen MR) is 88.1 cm³/mol. The Morgan fingerprint density at radius 1 is 1.33 bits per heavy atom. The molecule has 24 heavy (non-hydrogen) atoms. The van der Waals surface area contributed by atoms with E-state index in [0.717, 1.165) is 5.69 Å². The van der Waals surface area contributed by atoms with Gasteiger partial charge in [0.25, 0.3) is 0 Å². The average molecular weight is 347 g/mol. The first-order valence-corrected chi connectivity index (χ1v) is 8.09. The molecule has 0 unspecified atom stereocenters. The Hall–Kier alpha value is -2.62. The van der Waals surface area contributed by atoms with Crippen molar-refractivity contribution >= 4 is 33.8 Å². The molecule has 0 atom stereocenters. The van der Waals surface area contributed by atoms with Crippen molar-refractivity contribution in [3.05, 3.63) is 22.6 Å². The van der Waals surface area contributed by atoms with E-state index in [0.29, 0.717) is 28.0 Å². The minimum absolute atomic E-state index is 0.415. The van der Waals surface area contributed by atoms with Crippen LogP contribution in [0.25, 0.3) is 5.65 Å². The van der Waals surface area contributed by atoms with Gasteiger partial charge >= 0.3 is 5.97 Å². The van der Waals surface area contributed by atoms with Crippen molar-refractivity contribution in [2.45, 2.75) is 33.1 Å². The van der Waals surface area contributed by atoms with Crippen molar-refractivity contribution in [2.24, 2.45) is 10.2 Å². The number of aromatic nitrogens is 5. The number of H-pyrrole nitrogens is 1. The second kappa shape index (κ2) is 5.78. The van der Waals surface area contributed by atoms with Crippen LogP contribution in [0, 0.1) is 13.8 Å². The van der Waals surface area contributed by atoms with E-state index in [4.69, 9.17) is 4.74 Å². The summed E-state index contributed by atoms with van der Waals surface area (Å²) in [7, 11) is 1.34. The second-order valence-corrected chi connectivity index (χ2v) is 6.67. The fraction of sp³-hybridized carbons (Fsp3) is 0.429. The van der Waals surface area contributed by atoms with Gasteiger partial charge in [0.15, 0.2) is 11.3 Å². The fourth-order valence-corrected chi connectivity index (χ4v) is 2.88. The molecule has 0 aliphatic rings. The maximum Gasteiger partial charge on any atom is 0.317 e. The van der Waals surface area contributed by atoms with E-state index in [1.165, 1.54) is 23.1 Å². The van der Waals surface area contributed by atoms with Crippen LogP contribution in [0.4, 0.5) is 10.8 Å². The first-order chi connectivity index (χ1) is 11.3. The van der Waals surface area contributed by atoms with E-state index in [1.807, 2.05) is 19.2 Å². The molecule has 0 radical (unpaired) electrons. The molecule has 0 aromatic carbocycles. The summed E-state index contributed by atoms with van der Waals surface area (Å²) in [5, 5.41) is 19.5. The number of fused-ring (bicyclic) bond motifs is 1. The number of azo groups is 1. The van der Waals surface area contributed by atoms with E-state index in [9.17, 15) is 4.79 Å². The van der Waals surface area contributed by atoms with E-state index in [1.54, 1.807) is 13.8 Å². The molecule has 0 saturated heterocycles. The number of nitrogens with one attached hydrogen (secondary N) is 1. The Balaban J connectivity index is 2.14. The summed E-state index contributed by atoms with van der Waals surface area (Å²) >= 11 is 1.39. The number of thiazole rings is 1. The summed E-state index contributed by atoms with van der Waals surface area (Å²) in [5.41, 5.74) is 1.33. The highest BCUT2D eigenvalue weighted by Crippen LogP contribution is 2.36. The van der Waals surface area contributed by atoms with Crippen molar-refractivity contribution in [3.63, 3.8) is 0 Å². The predicted octanol–water partition coefficient (Wildman–Crippen LogP) is 3.00. The van der Waals surface area contributed by atoms with Crippen LogP contribution in [-0.2, 0) is 14.9 Å². The highest BCUT2D eigenvalue weighted by molar-refractivity contribution is 7.13. The lowest BCUT2D eigenvalue weighted by Crippen LogP contribution is -2.31. The lowest BCUT2D eigenvalue weighted by Gasteiger charge is -2.19. The Kier molecular flexibility index (Phi) is 3.91. The Morgan fingerprint density at radius 2 is 2.08 bits per heavy atom. The smallest absolute Gasteiger partial charge is 0.317 e. The molecule has 0 amide bonds. The van der Waals surface area contributed by atoms with E-state index < -0.39 is 11.4 Å². The first kappa shape index (κ1) is 16.2. The zero-order chi connectivity index (χ0) is 17.5. The highest BCUT2D eigenvalue weighted by atomic mass is 32.1. The monoisotopic (exact) mass is 347 g/mol. The molecule has 3 heterocycles. The molecule has 0 bridgehead atoms. The SMILES string of the molecule is COC(=O)C(C)(C)c1nn2nc(C)[nH]c2c1/N=N/c1nc(C)cs1. The molecule has 9 nitrogen and oxygen atoms in total. The molecule has 126 valence electrons. The van der Waals surface area contributed by atoms with Crippen LogP contribution in [0.5, 0.6) is 0 Å². The van der Waals surface area contributed by atoms with Gasteiger partial charge < -0.3 is 9.72 Å². The van der Waals surface area contributed by atoms with Crippen LogP contribution in [0.3, 0.4) is 0 Å². The molecule has 1 N–H and O–H groups in total. The van der Waals surface area contributed by atoms with Crippen molar-refractivity contribution < 1.29 is 9.53 Å². The number of carbonyl (C=O) groups excluding carboxylic acids is 1. The summed E-state index contributed by atoms with van der Waals surface area (Å²) in [6.45, 7) is 7.14. The maximum absolute atomic E-state index is 12.1. The summed E-state index contributed by atoms with van der Waals surface area (Å²) in [4.78, 5) is 19.5. The van der Waals surface area contributed by atoms with Gasteiger partial charge in [0.05, 0.1) is 12.8 Å². The van der Waals surface area contributed by atoms with Crippen molar-refractivity contribution in [1.29, 1.82) is 0 Å². The number of nitrogens with zero attached hydrogens (tertiary/aromatic N) is 6. The number of esters is 1. The van der Waals surface area contributed by atoms with Gasteiger partial charge in [-0.25, -0.2) is 4.98 Å². The van der Waals surface area contributed by atoms with Gasteiger partial charge in [0, 0.05) is 5.38 Å². The number of methoxy groups -OCH3 is 1. The van der Waals surface area contributed by atoms with Crippen molar-refractivity contribution in [3.8, 4) is 0 Å². The largest absolute Gasteiger partial charge is 0.468 e. The maximum atomic E-state index is 12.1. The lowest BCUT2D eigenvalue weighted by atomic mass is 9.88. The number of aryl methyl sites for hydroxylation is 2. The van der Waals surface area contributed by atoms with Crippen molar-refractivity contribution in [2.75, 3.05) is 7.11 Å². The van der Waals surface area contributed by atoms with Gasteiger partial charge in [0.1, 0.15) is 16.9 Å². The summed E-state index contributed by atoms with van der Waals surface area (Å²) < 4.78 is 6.30. The van der Waals surface area contributed by atoms with Crippen LogP contribution >= 0.6 is 11.3 Å². The minimum Gasteiger partial charge on any atom is -0.468 e. The summed E-state index contributed by atoms with van der Waals surface area (Å²) in [6, 6.07) is 0. The van der Waals surface area contributed by atoms with E-state index in [2.05, 4.69) is 30.4 Å². The number of rotatable bonds is 4. The molecule has 0 spiro atoms. The van der Waals surface area contributed by atoms with Crippen molar-refractivity contribution in [1.82, 2.24) is 24.8 Å². The molecule has 0 fully saturated rings. The number of aromatic amines is 1. The highest BCUT2D eigenvalue weighted by Gasteiger charge is 2.38. The molecular weight excluding hydrogens is 330 g/mol. The number of carbonyl (C=O) groups is 1. The molecule has 3 rings (SSSR count). The fourth-order valence-electron chi connectivity index (χ4n) is 2.27. The third kappa shape index (κ3) is 2.68. The second-order valence-electron chi connectivity index (χ2n) is 5.83. The first-order valence-electron chi connectivity index (χ1n) is 7.21. The van der Waals surface area contributed by atoms with Crippen LogP contribution < -0.4 is 0 Å². The topological polar surface area (TPSA) is 110 Å². The lowest BCUT2D eigenvalue weighted by molar-refractivity contribution is -0.146. The zero-order valence-corrected chi connectivity index (χ0v) is 14.8. The molecule has 3 aromatic rings. The Labute approximate surface area is 141 Å².